The van der Waals surface area contributed by atoms with Crippen LogP contribution in [0.15, 0.2) is 6.20 Å². The van der Waals surface area contributed by atoms with E-state index in [4.69, 9.17) is 0 Å². The van der Waals surface area contributed by atoms with E-state index in [0.717, 1.165) is 17.1 Å². The highest BCUT2D eigenvalue weighted by Gasteiger charge is 2.29. The summed E-state index contributed by atoms with van der Waals surface area (Å²) in [4.78, 5) is 34.0. The molecule has 0 saturated carbocycles. The molecule has 1 atom stereocenters. The first kappa shape index (κ1) is 15.4. The van der Waals surface area contributed by atoms with Gasteiger partial charge in [0.05, 0.1) is 12.2 Å². The Labute approximate surface area is 125 Å². The van der Waals surface area contributed by atoms with Crippen molar-refractivity contribution in [2.24, 2.45) is 0 Å². The number of carbonyl (C=O) groups is 2. The predicted molar refractivity (Wildman–Crippen MR) is 78.3 cm³/mol. The zero-order chi connectivity index (χ0) is 15.8. The fraction of sp³-hybridized carbons (Fsp3) is 0.600. The van der Waals surface area contributed by atoms with Crippen molar-refractivity contribution in [2.75, 3.05) is 0 Å². The van der Waals surface area contributed by atoms with Gasteiger partial charge >= 0.3 is 0 Å². The summed E-state index contributed by atoms with van der Waals surface area (Å²) in [6, 6.07) is -0.521. The molecule has 0 fully saturated rings. The molecule has 2 heterocycles. The van der Waals surface area contributed by atoms with Crippen LogP contribution < -0.4 is 5.32 Å². The number of amides is 2. The van der Waals surface area contributed by atoms with Crippen molar-refractivity contribution in [1.82, 2.24) is 20.2 Å². The minimum Gasteiger partial charge on any atom is -0.345 e. The normalized spacial score (nSPS) is 15.6. The Balaban J connectivity index is 2.12. The van der Waals surface area contributed by atoms with E-state index < -0.39 is 6.04 Å². The molecule has 2 amide bonds. The molecule has 0 saturated heterocycles. The summed E-state index contributed by atoms with van der Waals surface area (Å²) in [5, 5.41) is 2.62. The molecule has 1 aromatic heterocycles. The van der Waals surface area contributed by atoms with Crippen molar-refractivity contribution < 1.29 is 9.59 Å². The van der Waals surface area contributed by atoms with E-state index in [1.165, 1.54) is 6.92 Å². The summed E-state index contributed by atoms with van der Waals surface area (Å²) in [5.74, 6) is 0.480. The van der Waals surface area contributed by atoms with Crippen molar-refractivity contribution in [3.05, 3.63) is 23.3 Å². The lowest BCUT2D eigenvalue weighted by Gasteiger charge is -2.20. The van der Waals surface area contributed by atoms with Gasteiger partial charge in [0.15, 0.2) is 0 Å². The molecule has 0 spiro atoms. The number of fused-ring (bicyclic) bond motifs is 1. The number of aromatic nitrogens is 2. The molecule has 1 N–H and O–H groups in total. The Kier molecular flexibility index (Phi) is 3.98. The monoisotopic (exact) mass is 290 g/mol. The second kappa shape index (κ2) is 5.42. The van der Waals surface area contributed by atoms with Crippen molar-refractivity contribution in [3.63, 3.8) is 0 Å². The van der Waals surface area contributed by atoms with Crippen LogP contribution in [0, 0.1) is 0 Å². The summed E-state index contributed by atoms with van der Waals surface area (Å²) in [6.07, 6.45) is 1.80. The average Bonchev–Trinajstić information content (AvgIpc) is 2.78. The largest absolute Gasteiger partial charge is 0.345 e. The first-order valence-corrected chi connectivity index (χ1v) is 7.09. The smallest absolute Gasteiger partial charge is 0.245 e. The molecule has 1 aliphatic rings. The van der Waals surface area contributed by atoms with Gasteiger partial charge in [0.1, 0.15) is 11.9 Å². The van der Waals surface area contributed by atoms with Gasteiger partial charge in [0.2, 0.25) is 11.8 Å². The fourth-order valence-electron chi connectivity index (χ4n) is 2.31. The minimum absolute atomic E-state index is 0.0968. The molecule has 21 heavy (non-hydrogen) atoms. The first-order valence-electron chi connectivity index (χ1n) is 7.09. The third-order valence-electron chi connectivity index (χ3n) is 3.43. The van der Waals surface area contributed by atoms with Crippen LogP contribution >= 0.6 is 0 Å². The van der Waals surface area contributed by atoms with E-state index in [1.54, 1.807) is 18.0 Å². The van der Waals surface area contributed by atoms with Crippen LogP contribution in [0.3, 0.4) is 0 Å². The van der Waals surface area contributed by atoms with Crippen LogP contribution in [0.25, 0.3) is 0 Å². The second-order valence-electron chi connectivity index (χ2n) is 6.53. The van der Waals surface area contributed by atoms with E-state index in [1.807, 2.05) is 0 Å². The standard InChI is InChI=1S/C15H22N4O2/c1-9(17-10(2)20)13(21)19-7-11-6-16-14(15(3,4)5)18-12(11)8-19/h6,9H,7-8H2,1-5H3,(H,17,20)/t9-/m0/s1. The zero-order valence-electron chi connectivity index (χ0n) is 13.2. The number of nitrogens with one attached hydrogen (secondary N) is 1. The molecule has 6 heteroatoms. The molecule has 0 unspecified atom stereocenters. The maximum atomic E-state index is 12.3. The van der Waals surface area contributed by atoms with Crippen LogP contribution in [-0.4, -0.2) is 32.7 Å². The number of carbonyl (C=O) groups excluding carboxylic acids is 2. The maximum absolute atomic E-state index is 12.3. The van der Waals surface area contributed by atoms with Gasteiger partial charge in [-0.1, -0.05) is 20.8 Å². The molecule has 0 aliphatic carbocycles. The summed E-state index contributed by atoms with van der Waals surface area (Å²) in [6.45, 7) is 10.3. The van der Waals surface area contributed by atoms with Crippen LogP contribution in [0.1, 0.15) is 51.7 Å². The Morgan fingerprint density at radius 1 is 1.33 bits per heavy atom. The molecular formula is C15H22N4O2. The van der Waals surface area contributed by atoms with Gasteiger partial charge in [-0.15, -0.1) is 0 Å². The highest BCUT2D eigenvalue weighted by Crippen LogP contribution is 2.24. The summed E-state index contributed by atoms with van der Waals surface area (Å²) in [5.41, 5.74) is 1.76. The highest BCUT2D eigenvalue weighted by molar-refractivity contribution is 5.86. The van der Waals surface area contributed by atoms with Crippen molar-refractivity contribution in [1.29, 1.82) is 0 Å². The number of nitrogens with zero attached hydrogens (tertiary/aromatic N) is 3. The molecule has 114 valence electrons. The number of rotatable bonds is 2. The molecule has 0 aromatic carbocycles. The second-order valence-corrected chi connectivity index (χ2v) is 6.53. The predicted octanol–water partition coefficient (Wildman–Crippen LogP) is 1.14. The van der Waals surface area contributed by atoms with E-state index in [2.05, 4.69) is 36.1 Å². The summed E-state index contributed by atoms with van der Waals surface area (Å²) in [7, 11) is 0. The SMILES string of the molecule is CC(=O)N[C@@H](C)C(=O)N1Cc2cnc(C(C)(C)C)nc2C1. The van der Waals surface area contributed by atoms with Gasteiger partial charge in [-0.05, 0) is 6.92 Å². The van der Waals surface area contributed by atoms with Crippen molar-refractivity contribution in [2.45, 2.75) is 59.2 Å². The number of hydrogen-bond donors (Lipinski definition) is 1. The Morgan fingerprint density at radius 2 is 2.00 bits per heavy atom. The maximum Gasteiger partial charge on any atom is 0.245 e. The van der Waals surface area contributed by atoms with E-state index >= 15 is 0 Å². The van der Waals surface area contributed by atoms with Crippen LogP contribution in [0.2, 0.25) is 0 Å². The van der Waals surface area contributed by atoms with Crippen molar-refractivity contribution >= 4 is 11.8 Å². The summed E-state index contributed by atoms with van der Waals surface area (Å²) >= 11 is 0. The van der Waals surface area contributed by atoms with Crippen LogP contribution in [0.5, 0.6) is 0 Å². The van der Waals surface area contributed by atoms with Crippen molar-refractivity contribution in [3.8, 4) is 0 Å². The first-order chi connectivity index (χ1) is 9.68. The lowest BCUT2D eigenvalue weighted by molar-refractivity contribution is -0.136. The van der Waals surface area contributed by atoms with Gasteiger partial charge in [-0.3, -0.25) is 9.59 Å². The molecular weight excluding hydrogens is 268 g/mol. The summed E-state index contributed by atoms with van der Waals surface area (Å²) < 4.78 is 0. The minimum atomic E-state index is -0.521. The van der Waals surface area contributed by atoms with Crippen LogP contribution in [-0.2, 0) is 28.1 Å². The third kappa shape index (κ3) is 3.37. The van der Waals surface area contributed by atoms with Gasteiger partial charge in [0.25, 0.3) is 0 Å². The van der Waals surface area contributed by atoms with Crippen LogP contribution in [0.4, 0.5) is 0 Å². The molecule has 0 radical (unpaired) electrons. The van der Waals surface area contributed by atoms with E-state index in [9.17, 15) is 9.59 Å². The van der Waals surface area contributed by atoms with Gasteiger partial charge in [-0.25, -0.2) is 9.97 Å². The van der Waals surface area contributed by atoms with E-state index in [-0.39, 0.29) is 17.2 Å². The lowest BCUT2D eigenvalue weighted by atomic mass is 9.95. The fourth-order valence-corrected chi connectivity index (χ4v) is 2.31. The molecule has 0 bridgehead atoms. The Bertz CT molecular complexity index is 578. The average molecular weight is 290 g/mol. The quantitative estimate of drug-likeness (QED) is 0.886. The third-order valence-corrected chi connectivity index (χ3v) is 3.43. The Hall–Kier alpha value is -1.98. The molecule has 1 aliphatic heterocycles. The molecule has 2 rings (SSSR count). The lowest BCUT2D eigenvalue weighted by Crippen LogP contribution is -2.44. The van der Waals surface area contributed by atoms with Gasteiger partial charge in [-0.2, -0.15) is 0 Å². The van der Waals surface area contributed by atoms with Gasteiger partial charge < -0.3 is 10.2 Å². The molecule has 6 nitrogen and oxygen atoms in total. The van der Waals surface area contributed by atoms with E-state index in [0.29, 0.717) is 13.1 Å². The highest BCUT2D eigenvalue weighted by atomic mass is 16.2. The Morgan fingerprint density at radius 3 is 2.57 bits per heavy atom. The topological polar surface area (TPSA) is 75.2 Å². The molecule has 1 aromatic rings. The number of hydrogen-bond acceptors (Lipinski definition) is 4. The zero-order valence-corrected chi connectivity index (χ0v) is 13.2. The van der Waals surface area contributed by atoms with Gasteiger partial charge in [0, 0.05) is 30.6 Å².